The van der Waals surface area contributed by atoms with Crippen LogP contribution in [0.4, 0.5) is 22.7 Å². The summed E-state index contributed by atoms with van der Waals surface area (Å²) in [5, 5.41) is 8.75. The average molecular weight is 388 g/mol. The first-order valence-corrected chi connectivity index (χ1v) is 9.43. The molecule has 0 aliphatic carbocycles. The van der Waals surface area contributed by atoms with Gasteiger partial charge in [-0.2, -0.15) is 0 Å². The molecule has 2 amide bonds. The van der Waals surface area contributed by atoms with Gasteiger partial charge in [-0.15, -0.1) is 0 Å². The minimum Gasteiger partial charge on any atom is -0.354 e. The smallest absolute Gasteiger partial charge is 0.274 e. The molecule has 6 nitrogen and oxygen atoms in total. The maximum atomic E-state index is 12.4. The number of carbonyl (C=O) groups is 2. The number of aromatic nitrogens is 1. The zero-order valence-electron chi connectivity index (χ0n) is 16.7. The molecule has 0 unspecified atom stereocenters. The Bertz CT molecular complexity index is 996. The van der Waals surface area contributed by atoms with E-state index in [0.717, 1.165) is 11.4 Å². The van der Waals surface area contributed by atoms with Crippen molar-refractivity contribution in [2.75, 3.05) is 16.0 Å². The van der Waals surface area contributed by atoms with E-state index in [-0.39, 0.29) is 11.8 Å². The molecule has 1 heterocycles. The zero-order chi connectivity index (χ0) is 20.8. The third kappa shape index (κ3) is 5.65. The highest BCUT2D eigenvalue weighted by molar-refractivity contribution is 6.03. The van der Waals surface area contributed by atoms with Gasteiger partial charge in [0.15, 0.2) is 0 Å². The highest BCUT2D eigenvalue weighted by Crippen LogP contribution is 2.21. The number of pyridine rings is 1. The normalized spacial score (nSPS) is 10.5. The van der Waals surface area contributed by atoms with Crippen molar-refractivity contribution >= 4 is 34.6 Å². The van der Waals surface area contributed by atoms with Gasteiger partial charge in [-0.05, 0) is 53.9 Å². The predicted octanol–water partition coefficient (Wildman–Crippen LogP) is 5.16. The van der Waals surface area contributed by atoms with Crippen LogP contribution < -0.4 is 16.0 Å². The lowest BCUT2D eigenvalue weighted by Crippen LogP contribution is -2.14. The number of anilines is 4. The Kier molecular flexibility index (Phi) is 6.24. The third-order valence-corrected chi connectivity index (χ3v) is 4.30. The molecular weight excluding hydrogens is 364 g/mol. The molecule has 0 bridgehead atoms. The van der Waals surface area contributed by atoms with Crippen molar-refractivity contribution in [1.29, 1.82) is 0 Å². The topological polar surface area (TPSA) is 83.1 Å². The molecule has 1 aromatic heterocycles. The molecule has 0 aliphatic heterocycles. The lowest BCUT2D eigenvalue weighted by molar-refractivity contribution is -0.114. The maximum Gasteiger partial charge on any atom is 0.274 e. The molecular formula is C23H24N4O2. The van der Waals surface area contributed by atoms with Crippen LogP contribution in [-0.2, 0) is 4.79 Å². The SMILES string of the molecule is CC(=O)Nc1cccc(NC(=O)c2ccc(Nc3ccc(C(C)C)cc3)cn2)c1. The fourth-order valence-electron chi connectivity index (χ4n) is 2.79. The van der Waals surface area contributed by atoms with Gasteiger partial charge in [-0.3, -0.25) is 9.59 Å². The molecule has 0 radical (unpaired) electrons. The zero-order valence-corrected chi connectivity index (χ0v) is 16.7. The molecule has 0 saturated heterocycles. The minimum atomic E-state index is -0.321. The van der Waals surface area contributed by atoms with E-state index in [2.05, 4.69) is 46.9 Å². The van der Waals surface area contributed by atoms with E-state index in [0.29, 0.717) is 23.0 Å². The van der Waals surface area contributed by atoms with E-state index in [4.69, 9.17) is 0 Å². The van der Waals surface area contributed by atoms with Crippen LogP contribution in [0.15, 0.2) is 66.9 Å². The van der Waals surface area contributed by atoms with E-state index >= 15 is 0 Å². The van der Waals surface area contributed by atoms with Gasteiger partial charge in [-0.1, -0.05) is 32.0 Å². The van der Waals surface area contributed by atoms with Gasteiger partial charge in [0.25, 0.3) is 5.91 Å². The fourth-order valence-corrected chi connectivity index (χ4v) is 2.79. The lowest BCUT2D eigenvalue weighted by atomic mass is 10.0. The maximum absolute atomic E-state index is 12.4. The molecule has 0 aliphatic rings. The number of nitrogens with zero attached hydrogens (tertiary/aromatic N) is 1. The molecule has 6 heteroatoms. The van der Waals surface area contributed by atoms with Crippen molar-refractivity contribution in [3.8, 4) is 0 Å². The second kappa shape index (κ2) is 9.01. The molecule has 0 fully saturated rings. The molecule has 0 saturated carbocycles. The Labute approximate surface area is 170 Å². The van der Waals surface area contributed by atoms with Crippen LogP contribution in [0.1, 0.15) is 42.7 Å². The Hall–Kier alpha value is -3.67. The first-order valence-electron chi connectivity index (χ1n) is 9.43. The summed E-state index contributed by atoms with van der Waals surface area (Å²) in [6.45, 7) is 5.75. The van der Waals surface area contributed by atoms with E-state index in [1.165, 1.54) is 12.5 Å². The van der Waals surface area contributed by atoms with Gasteiger partial charge in [0.05, 0.1) is 11.9 Å². The highest BCUT2D eigenvalue weighted by atomic mass is 16.2. The first kappa shape index (κ1) is 20.1. The molecule has 3 rings (SSSR count). The largest absolute Gasteiger partial charge is 0.354 e. The highest BCUT2D eigenvalue weighted by Gasteiger charge is 2.09. The Morgan fingerprint density at radius 3 is 2.07 bits per heavy atom. The summed E-state index contributed by atoms with van der Waals surface area (Å²) in [6, 6.07) is 18.7. The van der Waals surface area contributed by atoms with Gasteiger partial charge >= 0.3 is 0 Å². The summed E-state index contributed by atoms with van der Waals surface area (Å²) in [7, 11) is 0. The monoisotopic (exact) mass is 388 g/mol. The molecule has 29 heavy (non-hydrogen) atoms. The summed E-state index contributed by atoms with van der Waals surface area (Å²) in [5.74, 6) is -0.00247. The van der Waals surface area contributed by atoms with E-state index < -0.39 is 0 Å². The van der Waals surface area contributed by atoms with Crippen molar-refractivity contribution in [2.24, 2.45) is 0 Å². The van der Waals surface area contributed by atoms with Crippen LogP contribution >= 0.6 is 0 Å². The number of rotatable bonds is 6. The quantitative estimate of drug-likeness (QED) is 0.545. The van der Waals surface area contributed by atoms with Crippen LogP contribution in [-0.4, -0.2) is 16.8 Å². The van der Waals surface area contributed by atoms with Crippen molar-refractivity contribution < 1.29 is 9.59 Å². The number of hydrogen-bond donors (Lipinski definition) is 3. The van der Waals surface area contributed by atoms with Crippen molar-refractivity contribution in [1.82, 2.24) is 4.98 Å². The van der Waals surface area contributed by atoms with Crippen molar-refractivity contribution in [3.63, 3.8) is 0 Å². The first-order chi connectivity index (χ1) is 13.9. The van der Waals surface area contributed by atoms with Gasteiger partial charge in [0.1, 0.15) is 5.69 Å². The number of benzene rings is 2. The number of carbonyl (C=O) groups excluding carboxylic acids is 2. The Morgan fingerprint density at radius 1 is 0.828 bits per heavy atom. The van der Waals surface area contributed by atoms with Crippen LogP contribution in [0.25, 0.3) is 0 Å². The Balaban J connectivity index is 1.63. The second-order valence-electron chi connectivity index (χ2n) is 7.05. The van der Waals surface area contributed by atoms with Crippen LogP contribution in [0.2, 0.25) is 0 Å². The summed E-state index contributed by atoms with van der Waals surface area (Å²) in [6.07, 6.45) is 1.62. The summed E-state index contributed by atoms with van der Waals surface area (Å²) in [4.78, 5) is 27.8. The Morgan fingerprint density at radius 2 is 1.48 bits per heavy atom. The minimum absolute atomic E-state index is 0.169. The number of hydrogen-bond acceptors (Lipinski definition) is 4. The van der Waals surface area contributed by atoms with E-state index in [1.807, 2.05) is 18.2 Å². The van der Waals surface area contributed by atoms with Crippen LogP contribution in [0.3, 0.4) is 0 Å². The molecule has 148 valence electrons. The van der Waals surface area contributed by atoms with E-state index in [1.54, 1.807) is 36.5 Å². The number of nitrogens with one attached hydrogen (secondary N) is 3. The van der Waals surface area contributed by atoms with Crippen LogP contribution in [0.5, 0.6) is 0 Å². The van der Waals surface area contributed by atoms with Gasteiger partial charge < -0.3 is 16.0 Å². The predicted molar refractivity (Wildman–Crippen MR) is 117 cm³/mol. The molecule has 2 aromatic carbocycles. The molecule has 3 aromatic rings. The van der Waals surface area contributed by atoms with Crippen LogP contribution in [0, 0.1) is 0 Å². The van der Waals surface area contributed by atoms with Gasteiger partial charge in [-0.25, -0.2) is 4.98 Å². The van der Waals surface area contributed by atoms with Gasteiger partial charge in [0, 0.05) is 24.0 Å². The molecule has 0 spiro atoms. The molecule has 0 atom stereocenters. The summed E-state index contributed by atoms with van der Waals surface area (Å²) >= 11 is 0. The standard InChI is InChI=1S/C23H24N4O2/c1-15(2)17-7-9-18(10-8-17)26-21-11-12-22(24-14-21)23(29)27-20-6-4-5-19(13-20)25-16(3)28/h4-15,26H,1-3H3,(H,25,28)(H,27,29). The lowest BCUT2D eigenvalue weighted by Gasteiger charge is -2.10. The average Bonchev–Trinajstić information content (AvgIpc) is 2.68. The van der Waals surface area contributed by atoms with E-state index in [9.17, 15) is 9.59 Å². The second-order valence-corrected chi connectivity index (χ2v) is 7.05. The number of amides is 2. The summed E-state index contributed by atoms with van der Waals surface area (Å²) < 4.78 is 0. The summed E-state index contributed by atoms with van der Waals surface area (Å²) in [5.41, 5.74) is 4.54. The van der Waals surface area contributed by atoms with Crippen molar-refractivity contribution in [2.45, 2.75) is 26.7 Å². The van der Waals surface area contributed by atoms with Gasteiger partial charge in [0.2, 0.25) is 5.91 Å². The van der Waals surface area contributed by atoms with Crippen molar-refractivity contribution in [3.05, 3.63) is 78.1 Å². The fraction of sp³-hybridized carbons (Fsp3) is 0.174. The third-order valence-electron chi connectivity index (χ3n) is 4.30. The molecule has 3 N–H and O–H groups in total.